The second-order valence-corrected chi connectivity index (χ2v) is 8.70. The maximum Gasteiger partial charge on any atom is 0.433 e. The van der Waals surface area contributed by atoms with E-state index in [1.54, 1.807) is 4.90 Å². The van der Waals surface area contributed by atoms with Crippen LogP contribution in [0.4, 0.5) is 13.2 Å². The Labute approximate surface area is 183 Å². The molecule has 2 aromatic heterocycles. The summed E-state index contributed by atoms with van der Waals surface area (Å²) in [4.78, 5) is 21.3. The highest BCUT2D eigenvalue weighted by Gasteiger charge is 2.38. The highest BCUT2D eigenvalue weighted by atomic mass is 19.4. The van der Waals surface area contributed by atoms with Crippen molar-refractivity contribution in [3.63, 3.8) is 0 Å². The minimum Gasteiger partial charge on any atom is -0.335 e. The molecule has 0 unspecified atom stereocenters. The predicted molar refractivity (Wildman–Crippen MR) is 112 cm³/mol. The third-order valence-corrected chi connectivity index (χ3v) is 6.10. The van der Waals surface area contributed by atoms with E-state index >= 15 is 0 Å². The molecule has 5 rings (SSSR count). The first-order valence-electron chi connectivity index (χ1n) is 10.8. The summed E-state index contributed by atoms with van der Waals surface area (Å²) < 4.78 is 41.6. The molecular formula is C23H24F3N5O. The number of hydrogen-bond donors (Lipinski definition) is 0. The van der Waals surface area contributed by atoms with E-state index in [0.717, 1.165) is 30.0 Å². The molecule has 0 N–H and O–H groups in total. The quantitative estimate of drug-likeness (QED) is 0.614. The minimum absolute atomic E-state index is 0.00285. The fourth-order valence-corrected chi connectivity index (χ4v) is 4.23. The fraction of sp³-hybridized carbons (Fsp3) is 0.435. The topological polar surface area (TPSA) is 53.7 Å². The number of amides is 1. The van der Waals surface area contributed by atoms with Crippen LogP contribution in [0.5, 0.6) is 0 Å². The largest absolute Gasteiger partial charge is 0.433 e. The first kappa shape index (κ1) is 20.9. The van der Waals surface area contributed by atoms with Gasteiger partial charge in [0.2, 0.25) is 0 Å². The van der Waals surface area contributed by atoms with Crippen LogP contribution in [0.15, 0.2) is 36.4 Å². The van der Waals surface area contributed by atoms with Crippen molar-refractivity contribution in [3.05, 3.63) is 64.6 Å². The van der Waals surface area contributed by atoms with Gasteiger partial charge in [-0.05, 0) is 31.4 Å². The van der Waals surface area contributed by atoms with E-state index in [0.29, 0.717) is 31.9 Å². The molecule has 6 nitrogen and oxygen atoms in total. The number of benzene rings is 1. The lowest BCUT2D eigenvalue weighted by molar-refractivity contribution is -0.142. The number of hydrogen-bond acceptors (Lipinski definition) is 4. The fourth-order valence-electron chi connectivity index (χ4n) is 4.23. The van der Waals surface area contributed by atoms with Crippen LogP contribution < -0.4 is 0 Å². The van der Waals surface area contributed by atoms with Crippen molar-refractivity contribution in [2.24, 2.45) is 0 Å². The van der Waals surface area contributed by atoms with Gasteiger partial charge in [-0.1, -0.05) is 29.8 Å². The molecule has 2 fully saturated rings. The van der Waals surface area contributed by atoms with Gasteiger partial charge in [0.1, 0.15) is 5.69 Å². The van der Waals surface area contributed by atoms with Gasteiger partial charge in [0.25, 0.3) is 5.91 Å². The van der Waals surface area contributed by atoms with Gasteiger partial charge in [0.05, 0.1) is 0 Å². The predicted octanol–water partition coefficient (Wildman–Crippen LogP) is 3.89. The highest BCUT2D eigenvalue weighted by molar-refractivity contribution is 5.93. The van der Waals surface area contributed by atoms with Crippen LogP contribution in [0, 0.1) is 6.92 Å². The Hall–Kier alpha value is -2.94. The van der Waals surface area contributed by atoms with Crippen LogP contribution in [0.3, 0.4) is 0 Å². The molecule has 1 aromatic carbocycles. The molecule has 0 atom stereocenters. The number of aromatic nitrogens is 3. The number of aryl methyl sites for hydroxylation is 1. The molecule has 1 saturated heterocycles. The molecule has 3 aromatic rings. The maximum atomic E-state index is 13.6. The number of alkyl halides is 3. The Morgan fingerprint density at radius 3 is 2.50 bits per heavy atom. The van der Waals surface area contributed by atoms with E-state index in [1.165, 1.54) is 17.2 Å². The second kappa shape index (κ2) is 7.88. The minimum atomic E-state index is -4.57. The number of piperazine rings is 1. The number of fused-ring (bicyclic) bond motifs is 1. The number of nitrogens with zero attached hydrogens (tertiary/aromatic N) is 5. The van der Waals surface area contributed by atoms with Gasteiger partial charge in [0, 0.05) is 50.4 Å². The molecule has 9 heteroatoms. The van der Waals surface area contributed by atoms with Crippen molar-refractivity contribution in [1.82, 2.24) is 24.4 Å². The third-order valence-electron chi connectivity index (χ3n) is 6.10. The monoisotopic (exact) mass is 443 g/mol. The van der Waals surface area contributed by atoms with E-state index in [9.17, 15) is 18.0 Å². The zero-order valence-corrected chi connectivity index (χ0v) is 17.8. The molecule has 0 bridgehead atoms. The van der Waals surface area contributed by atoms with Gasteiger partial charge in [-0.2, -0.15) is 18.3 Å². The van der Waals surface area contributed by atoms with Gasteiger partial charge >= 0.3 is 6.18 Å². The zero-order valence-electron chi connectivity index (χ0n) is 17.8. The van der Waals surface area contributed by atoms with Crippen molar-refractivity contribution in [3.8, 4) is 0 Å². The maximum absolute atomic E-state index is 13.6. The Balaban J connectivity index is 1.32. The summed E-state index contributed by atoms with van der Waals surface area (Å²) in [6.45, 7) is 5.27. The summed E-state index contributed by atoms with van der Waals surface area (Å²) in [6, 6.07) is 10.8. The molecule has 1 aliphatic heterocycles. The van der Waals surface area contributed by atoms with Gasteiger partial charge < -0.3 is 4.90 Å². The SMILES string of the molecule is Cc1cccc(CN2CCN(C(=O)c3cc4nc(C5CC5)cc(C(F)(F)F)n4n3)CC2)c1. The summed E-state index contributed by atoms with van der Waals surface area (Å²) >= 11 is 0. The smallest absolute Gasteiger partial charge is 0.335 e. The lowest BCUT2D eigenvalue weighted by Gasteiger charge is -2.34. The van der Waals surface area contributed by atoms with Crippen LogP contribution in [0.2, 0.25) is 0 Å². The Morgan fingerprint density at radius 1 is 1.09 bits per heavy atom. The van der Waals surface area contributed by atoms with Crippen molar-refractivity contribution in [2.75, 3.05) is 26.2 Å². The zero-order chi connectivity index (χ0) is 22.5. The molecule has 1 saturated carbocycles. The average Bonchev–Trinajstić information content (AvgIpc) is 3.51. The summed E-state index contributed by atoms with van der Waals surface area (Å²) in [5.74, 6) is -0.288. The van der Waals surface area contributed by atoms with Crippen molar-refractivity contribution < 1.29 is 18.0 Å². The van der Waals surface area contributed by atoms with Crippen LogP contribution in [-0.2, 0) is 12.7 Å². The first-order chi connectivity index (χ1) is 15.3. The summed E-state index contributed by atoms with van der Waals surface area (Å²) in [5.41, 5.74) is 2.05. The normalized spacial score (nSPS) is 17.8. The average molecular weight is 443 g/mol. The molecule has 3 heterocycles. The lowest BCUT2D eigenvalue weighted by Crippen LogP contribution is -2.48. The molecule has 2 aliphatic rings. The van der Waals surface area contributed by atoms with E-state index in [2.05, 4.69) is 40.1 Å². The standard InChI is InChI=1S/C23H24F3N5O/c1-15-3-2-4-16(11-15)14-29-7-9-30(10-8-29)22(32)19-13-21-27-18(17-5-6-17)12-20(23(24,25)26)31(21)28-19/h2-4,11-13,17H,5-10,14H2,1H3. The van der Waals surface area contributed by atoms with Crippen molar-refractivity contribution >= 4 is 11.6 Å². The lowest BCUT2D eigenvalue weighted by atomic mass is 10.1. The van der Waals surface area contributed by atoms with Crippen LogP contribution in [0.25, 0.3) is 5.65 Å². The highest BCUT2D eigenvalue weighted by Crippen LogP contribution is 2.41. The van der Waals surface area contributed by atoms with Crippen LogP contribution in [-0.4, -0.2) is 56.5 Å². The number of rotatable bonds is 4. The Bertz CT molecular complexity index is 1160. The summed E-state index contributed by atoms with van der Waals surface area (Å²) in [7, 11) is 0. The molecule has 168 valence electrons. The molecule has 1 aliphatic carbocycles. The van der Waals surface area contributed by atoms with Gasteiger partial charge in [-0.3, -0.25) is 9.69 Å². The first-order valence-corrected chi connectivity index (χ1v) is 10.8. The number of carbonyl (C=O) groups is 1. The number of halogens is 3. The Morgan fingerprint density at radius 2 is 1.84 bits per heavy atom. The third kappa shape index (κ3) is 4.21. The summed E-state index contributed by atoms with van der Waals surface area (Å²) in [5, 5.41) is 4.00. The van der Waals surface area contributed by atoms with Crippen molar-refractivity contribution in [2.45, 2.75) is 38.4 Å². The summed E-state index contributed by atoms with van der Waals surface area (Å²) in [6.07, 6.45) is -2.89. The van der Waals surface area contributed by atoms with Crippen LogP contribution >= 0.6 is 0 Å². The van der Waals surface area contributed by atoms with Gasteiger partial charge in [-0.25, -0.2) is 9.50 Å². The Kier molecular flexibility index (Phi) is 5.16. The van der Waals surface area contributed by atoms with E-state index in [-0.39, 0.29) is 23.2 Å². The van der Waals surface area contributed by atoms with Crippen molar-refractivity contribution in [1.29, 1.82) is 0 Å². The van der Waals surface area contributed by atoms with E-state index in [4.69, 9.17) is 0 Å². The molecule has 1 amide bonds. The second-order valence-electron chi connectivity index (χ2n) is 8.70. The molecule has 32 heavy (non-hydrogen) atoms. The van der Waals surface area contributed by atoms with Gasteiger partial charge in [0.15, 0.2) is 11.3 Å². The van der Waals surface area contributed by atoms with Gasteiger partial charge in [-0.15, -0.1) is 0 Å². The molecular weight excluding hydrogens is 419 g/mol. The number of carbonyl (C=O) groups excluding carboxylic acids is 1. The van der Waals surface area contributed by atoms with E-state index in [1.807, 2.05) is 6.07 Å². The molecule has 0 radical (unpaired) electrons. The molecule has 0 spiro atoms. The van der Waals surface area contributed by atoms with Crippen LogP contribution in [0.1, 0.15) is 51.8 Å². The van der Waals surface area contributed by atoms with E-state index < -0.39 is 11.9 Å².